The zero-order chi connectivity index (χ0) is 28.5. The molecule has 11 nitrogen and oxygen atoms in total. The molecule has 214 valence electrons. The molecule has 0 saturated carbocycles. The summed E-state index contributed by atoms with van der Waals surface area (Å²) in [6.45, 7) is -1.06. The van der Waals surface area contributed by atoms with E-state index in [1.165, 1.54) is 23.3 Å². The molecule has 3 unspecified atom stereocenters. The highest BCUT2D eigenvalue weighted by molar-refractivity contribution is 7.48. The molecule has 0 spiro atoms. The molecule has 2 saturated heterocycles. The monoisotopic (exact) mass is 584 g/mol. The Bertz CT molecular complexity index is 1210. The summed E-state index contributed by atoms with van der Waals surface area (Å²) in [6, 6.07) is 2.54. The molecule has 1 aromatic carbocycles. The van der Waals surface area contributed by atoms with Crippen molar-refractivity contribution >= 4 is 19.7 Å². The molecule has 1 amide bonds. The highest BCUT2D eigenvalue weighted by Gasteiger charge is 2.53. The van der Waals surface area contributed by atoms with Gasteiger partial charge in [-0.3, -0.25) is 18.4 Å². The highest BCUT2D eigenvalue weighted by Crippen LogP contribution is 2.57. The molecule has 39 heavy (non-hydrogen) atoms. The minimum Gasteiger partial charge on any atom is -0.450 e. The van der Waals surface area contributed by atoms with Crippen molar-refractivity contribution in [1.82, 2.24) is 4.90 Å². The summed E-state index contributed by atoms with van der Waals surface area (Å²) < 4.78 is 105. The summed E-state index contributed by atoms with van der Waals surface area (Å²) in [6.07, 6.45) is -9.37. The number of carbonyl (C=O) groups is 2. The Morgan fingerprint density at radius 1 is 1.21 bits per heavy atom. The summed E-state index contributed by atoms with van der Waals surface area (Å²) >= 11 is 0. The number of nitrogens with two attached hydrogens (primary N) is 1. The smallest absolute Gasteiger partial charge is 0.450 e. The number of esters is 1. The third-order valence-electron chi connectivity index (χ3n) is 5.85. The molecule has 3 heterocycles. The number of primary amides is 1. The van der Waals surface area contributed by atoms with Crippen molar-refractivity contribution in [1.29, 1.82) is 0 Å². The lowest BCUT2D eigenvalue weighted by Crippen LogP contribution is -2.45. The quantitative estimate of drug-likeness (QED) is 0.278. The Hall–Kier alpha value is -2.88. The number of phosphoric acid groups is 1. The van der Waals surface area contributed by atoms with Gasteiger partial charge in [-0.15, -0.1) is 0 Å². The fourth-order valence-corrected chi connectivity index (χ4v) is 5.49. The number of aliphatic hydroxyl groups excluding tert-OH is 1. The third-order valence-corrected chi connectivity index (χ3v) is 7.33. The van der Waals surface area contributed by atoms with Crippen LogP contribution in [0.5, 0.6) is 0 Å². The van der Waals surface area contributed by atoms with Crippen LogP contribution in [0.25, 0.3) is 0 Å². The van der Waals surface area contributed by atoms with Crippen LogP contribution in [0.3, 0.4) is 0 Å². The lowest BCUT2D eigenvalue weighted by Gasteiger charge is -2.31. The molecule has 17 heteroatoms. The summed E-state index contributed by atoms with van der Waals surface area (Å²) in [5, 5.41) is 10.7. The molecule has 0 aliphatic carbocycles. The fourth-order valence-electron chi connectivity index (χ4n) is 4.09. The van der Waals surface area contributed by atoms with E-state index < -0.39 is 74.8 Å². The lowest BCUT2D eigenvalue weighted by atomic mass is 10.1. The van der Waals surface area contributed by atoms with E-state index in [1.54, 1.807) is 0 Å². The summed E-state index contributed by atoms with van der Waals surface area (Å²) in [4.78, 5) is 24.3. The number of halogens is 5. The van der Waals surface area contributed by atoms with Gasteiger partial charge in [0, 0.05) is 25.2 Å². The molecule has 3 aliphatic rings. The minimum atomic E-state index is -5.41. The Labute approximate surface area is 217 Å². The number of ether oxygens (including phenoxy) is 2. The molecule has 3 N–H and O–H groups in total. The Balaban J connectivity index is 1.51. The number of rotatable bonds is 7. The average molecular weight is 584 g/mol. The van der Waals surface area contributed by atoms with Crippen LogP contribution in [0.4, 0.5) is 22.0 Å². The van der Waals surface area contributed by atoms with Gasteiger partial charge in [0.25, 0.3) is 0 Å². The molecule has 2 fully saturated rings. The van der Waals surface area contributed by atoms with Gasteiger partial charge >= 0.3 is 20.0 Å². The standard InChI is InChI=1S/C22H22F5N2O9P/c23-13-6-12(7-14(24)8-13)15-3-5-34-39(33,38-15)35-10-16-18(37-21(32)22(25,26)27)17(30)20(36-16)29-4-1-2-11(9-29)19(28)31/h1-2,6-9,15-18,20,30H,3-5,10H2,(H2,28,31)/t15?,16?,17-,18-,20-,39?/m1/s1. The first-order chi connectivity index (χ1) is 18.3. The van der Waals surface area contributed by atoms with Crippen LogP contribution in [0.15, 0.2) is 42.1 Å². The Kier molecular flexibility index (Phi) is 8.44. The number of aliphatic hydroxyl groups is 1. The van der Waals surface area contributed by atoms with Crippen molar-refractivity contribution < 1.29 is 64.3 Å². The molecular formula is C22H22F5N2O9P. The maximum atomic E-state index is 13.6. The van der Waals surface area contributed by atoms with Crippen LogP contribution in [-0.2, 0) is 37.2 Å². The van der Waals surface area contributed by atoms with Crippen LogP contribution in [0.1, 0.15) is 18.1 Å². The highest BCUT2D eigenvalue weighted by atomic mass is 31.2. The van der Waals surface area contributed by atoms with Crippen LogP contribution >= 0.6 is 7.82 Å². The number of hydrogen-bond donors (Lipinski definition) is 2. The second-order valence-corrected chi connectivity index (χ2v) is 10.3. The van der Waals surface area contributed by atoms with Crippen molar-refractivity contribution in [3.8, 4) is 0 Å². The number of benzene rings is 1. The molecule has 4 rings (SSSR count). The zero-order valence-corrected chi connectivity index (χ0v) is 20.6. The number of phosphoric ester groups is 1. The normalized spacial score (nSPS) is 31.2. The molecule has 6 atom stereocenters. The summed E-state index contributed by atoms with van der Waals surface area (Å²) in [7, 11) is -4.47. The first-order valence-electron chi connectivity index (χ1n) is 11.3. The van der Waals surface area contributed by atoms with Gasteiger partial charge in [0.2, 0.25) is 5.91 Å². The van der Waals surface area contributed by atoms with E-state index in [-0.39, 0.29) is 30.7 Å². The third kappa shape index (κ3) is 6.83. The molecular weight excluding hydrogens is 562 g/mol. The van der Waals surface area contributed by atoms with E-state index in [0.717, 1.165) is 12.1 Å². The largest absolute Gasteiger partial charge is 0.490 e. The molecule has 0 bridgehead atoms. The fraction of sp³-hybridized carbons (Fsp3) is 0.455. The first-order valence-corrected chi connectivity index (χ1v) is 12.8. The minimum absolute atomic E-state index is 0.000549. The SMILES string of the molecule is NC(=O)C1=CN([C@@H]2OC(COP3(=O)OCCC(c4cc(F)cc(F)c4)O3)[C@@H](OC(=O)C(F)(F)F)[C@H]2O)CC=C1. The lowest BCUT2D eigenvalue weighted by molar-refractivity contribution is -0.210. The predicted molar refractivity (Wildman–Crippen MR) is 118 cm³/mol. The summed E-state index contributed by atoms with van der Waals surface area (Å²) in [5.41, 5.74) is 5.24. The van der Waals surface area contributed by atoms with Gasteiger partial charge in [0.05, 0.1) is 24.9 Å². The number of hydrogen-bond acceptors (Lipinski definition) is 10. The summed E-state index contributed by atoms with van der Waals surface area (Å²) in [5.74, 6) is -5.28. The molecule has 1 aromatic rings. The number of carbonyl (C=O) groups excluding carboxylic acids is 2. The van der Waals surface area contributed by atoms with Crippen LogP contribution in [-0.4, -0.2) is 72.4 Å². The van der Waals surface area contributed by atoms with Crippen LogP contribution < -0.4 is 5.73 Å². The van der Waals surface area contributed by atoms with Crippen molar-refractivity contribution in [2.45, 2.75) is 43.2 Å². The Morgan fingerprint density at radius 3 is 2.54 bits per heavy atom. The number of nitrogens with zero attached hydrogens (tertiary/aromatic N) is 1. The van der Waals surface area contributed by atoms with E-state index in [4.69, 9.17) is 24.0 Å². The van der Waals surface area contributed by atoms with E-state index in [2.05, 4.69) is 4.74 Å². The Morgan fingerprint density at radius 2 is 1.90 bits per heavy atom. The van der Waals surface area contributed by atoms with Crippen molar-refractivity contribution in [3.63, 3.8) is 0 Å². The zero-order valence-electron chi connectivity index (χ0n) is 19.8. The molecule has 3 aliphatic heterocycles. The topological polar surface area (TPSA) is 147 Å². The van der Waals surface area contributed by atoms with Gasteiger partial charge < -0.3 is 25.2 Å². The average Bonchev–Trinajstić information content (AvgIpc) is 3.17. The van der Waals surface area contributed by atoms with Crippen LogP contribution in [0, 0.1) is 11.6 Å². The van der Waals surface area contributed by atoms with E-state index in [1.807, 2.05) is 0 Å². The van der Waals surface area contributed by atoms with E-state index in [0.29, 0.717) is 6.07 Å². The van der Waals surface area contributed by atoms with E-state index in [9.17, 15) is 41.2 Å². The van der Waals surface area contributed by atoms with Crippen molar-refractivity contribution in [2.75, 3.05) is 19.8 Å². The maximum Gasteiger partial charge on any atom is 0.490 e. The van der Waals surface area contributed by atoms with Gasteiger partial charge in [-0.05, 0) is 17.7 Å². The van der Waals surface area contributed by atoms with Crippen molar-refractivity contribution in [3.05, 3.63) is 59.3 Å². The number of alkyl halides is 3. The number of amides is 1. The molecule has 0 radical (unpaired) electrons. The van der Waals surface area contributed by atoms with Gasteiger partial charge in [-0.25, -0.2) is 18.1 Å². The van der Waals surface area contributed by atoms with Crippen molar-refractivity contribution in [2.24, 2.45) is 5.73 Å². The van der Waals surface area contributed by atoms with E-state index >= 15 is 0 Å². The van der Waals surface area contributed by atoms with Gasteiger partial charge in [-0.2, -0.15) is 13.2 Å². The van der Waals surface area contributed by atoms with Gasteiger partial charge in [0.1, 0.15) is 23.8 Å². The maximum absolute atomic E-state index is 13.6. The second kappa shape index (κ2) is 11.3. The second-order valence-electron chi connectivity index (χ2n) is 8.63. The van der Waals surface area contributed by atoms with Gasteiger partial charge in [-0.1, -0.05) is 12.2 Å². The molecule has 0 aromatic heterocycles. The van der Waals surface area contributed by atoms with Crippen LogP contribution in [0.2, 0.25) is 0 Å². The van der Waals surface area contributed by atoms with Gasteiger partial charge in [0.15, 0.2) is 12.3 Å². The first kappa shape index (κ1) is 29.1. The predicted octanol–water partition coefficient (Wildman–Crippen LogP) is 2.37.